The molecule has 3 heteroatoms. The summed E-state index contributed by atoms with van der Waals surface area (Å²) in [5.74, 6) is 2.32. The Hall–Kier alpha value is -0.900. The molecule has 2 aliphatic carbocycles. The van der Waals surface area contributed by atoms with Gasteiger partial charge >= 0.3 is 0 Å². The molecule has 1 aliphatic heterocycles. The lowest BCUT2D eigenvalue weighted by molar-refractivity contribution is 0.167. The van der Waals surface area contributed by atoms with E-state index in [1.165, 1.54) is 57.2 Å². The summed E-state index contributed by atoms with van der Waals surface area (Å²) in [5.41, 5.74) is 1.45. The van der Waals surface area contributed by atoms with Crippen LogP contribution in [0.3, 0.4) is 0 Å². The van der Waals surface area contributed by atoms with Crippen molar-refractivity contribution in [2.75, 3.05) is 19.7 Å². The standard InChI is InChI=1S/C21H32N2O/c24-15-17-6-9-19(10-7-17)22-21-11-8-18-13-23(14-20(18)21)12-16-4-2-1-3-5-16/h1-5,17-22,24H,6-15H2. The molecule has 1 heterocycles. The first kappa shape index (κ1) is 16.6. The molecular formula is C21H32N2O. The van der Waals surface area contributed by atoms with Crippen LogP contribution in [0.25, 0.3) is 0 Å². The first-order valence-corrected chi connectivity index (χ1v) is 9.95. The van der Waals surface area contributed by atoms with Gasteiger partial charge in [0.2, 0.25) is 0 Å². The summed E-state index contributed by atoms with van der Waals surface area (Å²) < 4.78 is 0. The number of hydrogen-bond donors (Lipinski definition) is 2. The molecule has 0 radical (unpaired) electrons. The highest BCUT2D eigenvalue weighted by atomic mass is 16.3. The molecule has 24 heavy (non-hydrogen) atoms. The Morgan fingerprint density at radius 3 is 2.50 bits per heavy atom. The number of hydrogen-bond acceptors (Lipinski definition) is 3. The van der Waals surface area contributed by atoms with Crippen LogP contribution in [0.2, 0.25) is 0 Å². The molecule has 0 amide bonds. The summed E-state index contributed by atoms with van der Waals surface area (Å²) in [5, 5.41) is 13.3. The van der Waals surface area contributed by atoms with E-state index in [0.29, 0.717) is 18.6 Å². The summed E-state index contributed by atoms with van der Waals surface area (Å²) in [4.78, 5) is 2.67. The maximum Gasteiger partial charge on any atom is 0.0459 e. The van der Waals surface area contributed by atoms with Gasteiger partial charge in [-0.05, 0) is 61.8 Å². The van der Waals surface area contributed by atoms with Crippen molar-refractivity contribution in [3.05, 3.63) is 35.9 Å². The quantitative estimate of drug-likeness (QED) is 0.872. The molecular weight excluding hydrogens is 296 g/mol. The van der Waals surface area contributed by atoms with Crippen molar-refractivity contribution in [3.63, 3.8) is 0 Å². The first-order valence-electron chi connectivity index (χ1n) is 9.95. The summed E-state index contributed by atoms with van der Waals surface area (Å²) in [7, 11) is 0. The number of rotatable bonds is 5. The van der Waals surface area contributed by atoms with Gasteiger partial charge in [-0.15, -0.1) is 0 Å². The summed E-state index contributed by atoms with van der Waals surface area (Å²) in [6.45, 7) is 4.05. The van der Waals surface area contributed by atoms with E-state index in [9.17, 15) is 5.11 Å². The van der Waals surface area contributed by atoms with Crippen LogP contribution in [0.1, 0.15) is 44.1 Å². The van der Waals surface area contributed by atoms with Crippen LogP contribution in [-0.4, -0.2) is 41.8 Å². The molecule has 1 aromatic carbocycles. The van der Waals surface area contributed by atoms with Crippen molar-refractivity contribution in [2.24, 2.45) is 17.8 Å². The summed E-state index contributed by atoms with van der Waals surface area (Å²) in [6, 6.07) is 12.3. The van der Waals surface area contributed by atoms with Crippen LogP contribution < -0.4 is 5.32 Å². The molecule has 132 valence electrons. The first-order chi connectivity index (χ1) is 11.8. The Kier molecular flexibility index (Phi) is 5.21. The lowest BCUT2D eigenvalue weighted by Crippen LogP contribution is -2.44. The molecule has 0 bridgehead atoms. The van der Waals surface area contributed by atoms with E-state index in [1.807, 2.05) is 0 Å². The van der Waals surface area contributed by atoms with Crippen molar-refractivity contribution >= 4 is 0 Å². The van der Waals surface area contributed by atoms with Crippen molar-refractivity contribution in [2.45, 2.75) is 57.2 Å². The third-order valence-electron chi connectivity index (χ3n) is 6.74. The van der Waals surface area contributed by atoms with E-state index in [4.69, 9.17) is 0 Å². The normalized spacial score (nSPS) is 36.8. The Labute approximate surface area is 146 Å². The zero-order valence-electron chi connectivity index (χ0n) is 14.7. The fourth-order valence-electron chi connectivity index (χ4n) is 5.35. The average Bonchev–Trinajstić information content (AvgIpc) is 3.18. The van der Waals surface area contributed by atoms with Crippen molar-refractivity contribution in [3.8, 4) is 0 Å². The molecule has 2 N–H and O–H groups in total. The highest BCUT2D eigenvalue weighted by molar-refractivity contribution is 5.15. The molecule has 1 aromatic rings. The number of likely N-dealkylation sites (tertiary alicyclic amines) is 1. The number of fused-ring (bicyclic) bond motifs is 1. The second-order valence-electron chi connectivity index (χ2n) is 8.35. The number of nitrogens with zero attached hydrogens (tertiary/aromatic N) is 1. The summed E-state index contributed by atoms with van der Waals surface area (Å²) >= 11 is 0. The van der Waals surface area contributed by atoms with E-state index < -0.39 is 0 Å². The van der Waals surface area contributed by atoms with Crippen LogP contribution >= 0.6 is 0 Å². The number of aliphatic hydroxyl groups is 1. The highest BCUT2D eigenvalue weighted by Crippen LogP contribution is 2.39. The molecule has 3 aliphatic rings. The molecule has 1 saturated heterocycles. The number of benzene rings is 1. The Balaban J connectivity index is 1.29. The minimum atomic E-state index is 0.384. The lowest BCUT2D eigenvalue weighted by Gasteiger charge is -2.32. The second kappa shape index (κ2) is 7.55. The molecule has 3 atom stereocenters. The van der Waals surface area contributed by atoms with Gasteiger partial charge in [-0.2, -0.15) is 0 Å². The van der Waals surface area contributed by atoms with Gasteiger partial charge < -0.3 is 10.4 Å². The SMILES string of the molecule is OCC1CCC(NC2CCC3CN(Cc4ccccc4)CC32)CC1. The monoisotopic (exact) mass is 328 g/mol. The largest absolute Gasteiger partial charge is 0.396 e. The van der Waals surface area contributed by atoms with Gasteiger partial charge in [0.15, 0.2) is 0 Å². The number of nitrogens with one attached hydrogen (secondary N) is 1. The Morgan fingerprint density at radius 2 is 1.75 bits per heavy atom. The van der Waals surface area contributed by atoms with Gasteiger partial charge in [-0.1, -0.05) is 30.3 Å². The smallest absolute Gasteiger partial charge is 0.0459 e. The van der Waals surface area contributed by atoms with Gasteiger partial charge in [0.1, 0.15) is 0 Å². The molecule has 2 saturated carbocycles. The van der Waals surface area contributed by atoms with Gasteiger partial charge in [0, 0.05) is 38.3 Å². The summed E-state index contributed by atoms with van der Waals surface area (Å²) in [6.07, 6.45) is 7.69. The fraction of sp³-hybridized carbons (Fsp3) is 0.714. The van der Waals surface area contributed by atoms with E-state index in [1.54, 1.807) is 0 Å². The van der Waals surface area contributed by atoms with Gasteiger partial charge in [0.05, 0.1) is 0 Å². The molecule has 3 nitrogen and oxygen atoms in total. The lowest BCUT2D eigenvalue weighted by atomic mass is 9.85. The Morgan fingerprint density at radius 1 is 0.958 bits per heavy atom. The van der Waals surface area contributed by atoms with Crippen LogP contribution in [0.5, 0.6) is 0 Å². The topological polar surface area (TPSA) is 35.5 Å². The van der Waals surface area contributed by atoms with E-state index in [2.05, 4.69) is 40.5 Å². The zero-order chi connectivity index (χ0) is 16.4. The fourth-order valence-corrected chi connectivity index (χ4v) is 5.35. The average molecular weight is 329 g/mol. The highest BCUT2D eigenvalue weighted by Gasteiger charge is 2.43. The zero-order valence-corrected chi connectivity index (χ0v) is 14.7. The minimum Gasteiger partial charge on any atom is -0.396 e. The number of aliphatic hydroxyl groups excluding tert-OH is 1. The van der Waals surface area contributed by atoms with Crippen molar-refractivity contribution in [1.29, 1.82) is 0 Å². The van der Waals surface area contributed by atoms with Gasteiger partial charge in [-0.25, -0.2) is 0 Å². The molecule has 0 aromatic heterocycles. The van der Waals surface area contributed by atoms with Crippen molar-refractivity contribution < 1.29 is 5.11 Å². The van der Waals surface area contributed by atoms with E-state index in [-0.39, 0.29) is 0 Å². The van der Waals surface area contributed by atoms with Gasteiger partial charge in [0.25, 0.3) is 0 Å². The maximum atomic E-state index is 9.31. The van der Waals surface area contributed by atoms with E-state index >= 15 is 0 Å². The van der Waals surface area contributed by atoms with Crippen LogP contribution in [0.4, 0.5) is 0 Å². The second-order valence-corrected chi connectivity index (χ2v) is 8.35. The molecule has 4 rings (SSSR count). The van der Waals surface area contributed by atoms with E-state index in [0.717, 1.165) is 24.4 Å². The van der Waals surface area contributed by atoms with Crippen molar-refractivity contribution in [1.82, 2.24) is 10.2 Å². The molecule has 0 spiro atoms. The third kappa shape index (κ3) is 3.68. The van der Waals surface area contributed by atoms with Crippen LogP contribution in [0.15, 0.2) is 30.3 Å². The predicted molar refractivity (Wildman–Crippen MR) is 97.7 cm³/mol. The van der Waals surface area contributed by atoms with Crippen LogP contribution in [-0.2, 0) is 6.54 Å². The maximum absolute atomic E-state index is 9.31. The predicted octanol–water partition coefficient (Wildman–Crippen LogP) is 3.04. The minimum absolute atomic E-state index is 0.384. The van der Waals surface area contributed by atoms with Gasteiger partial charge in [-0.3, -0.25) is 4.90 Å². The molecule has 3 unspecified atom stereocenters. The van der Waals surface area contributed by atoms with Crippen LogP contribution in [0, 0.1) is 17.8 Å². The Bertz CT molecular complexity index is 512. The third-order valence-corrected chi connectivity index (χ3v) is 6.74. The molecule has 3 fully saturated rings.